The Morgan fingerprint density at radius 1 is 1.20 bits per heavy atom. The average molecular weight is 219 g/mol. The lowest BCUT2D eigenvalue weighted by Gasteiger charge is -2.05. The molecule has 0 aliphatic heterocycles. The van der Waals surface area contributed by atoms with Crippen LogP contribution in [0.15, 0.2) is 28.7 Å². The summed E-state index contributed by atoms with van der Waals surface area (Å²) in [6, 6.07) is 7.72. The summed E-state index contributed by atoms with van der Waals surface area (Å²) in [5.41, 5.74) is 11.1. The van der Waals surface area contributed by atoms with Crippen molar-refractivity contribution in [3.63, 3.8) is 0 Å². The molecule has 1 aromatic rings. The third kappa shape index (κ3) is 1.77. The van der Waals surface area contributed by atoms with Gasteiger partial charge in [0.05, 0.1) is 8.22 Å². The average Bonchev–Trinajstić information content (AvgIpc) is 1.88. The highest BCUT2D eigenvalue weighted by molar-refractivity contribution is 9.10. The molecular formula is C6H8BrN2P. The first-order valence-corrected chi connectivity index (χ1v) is 5.03. The Bertz CT molecular complexity index is 227. The van der Waals surface area contributed by atoms with Gasteiger partial charge in [-0.25, -0.2) is 0 Å². The fourth-order valence-electron chi connectivity index (χ4n) is 0.661. The normalized spacial score (nSPS) is 10.4. The first kappa shape index (κ1) is 8.15. The van der Waals surface area contributed by atoms with Crippen LogP contribution in [0.4, 0.5) is 0 Å². The summed E-state index contributed by atoms with van der Waals surface area (Å²) in [5.74, 6) is 0. The Balaban J connectivity index is 3.03. The fraction of sp³-hybridized carbons (Fsp3) is 0. The van der Waals surface area contributed by atoms with E-state index < -0.39 is 8.22 Å². The molecule has 0 unspecified atom stereocenters. The topological polar surface area (TPSA) is 52.0 Å². The molecule has 0 atom stereocenters. The van der Waals surface area contributed by atoms with E-state index in [1.54, 1.807) is 0 Å². The SMILES string of the molecule is NP(N)c1ccccc1Br. The molecule has 10 heavy (non-hydrogen) atoms. The van der Waals surface area contributed by atoms with Crippen LogP contribution < -0.4 is 16.3 Å². The first-order valence-electron chi connectivity index (χ1n) is 2.76. The smallest absolute Gasteiger partial charge is 0.0623 e. The Morgan fingerprint density at radius 2 is 1.80 bits per heavy atom. The zero-order valence-corrected chi connectivity index (χ0v) is 7.77. The van der Waals surface area contributed by atoms with Crippen molar-refractivity contribution in [3.8, 4) is 0 Å². The lowest BCUT2D eigenvalue weighted by atomic mass is 10.4. The van der Waals surface area contributed by atoms with Gasteiger partial charge in [0.15, 0.2) is 0 Å². The number of hydrogen-bond acceptors (Lipinski definition) is 2. The monoisotopic (exact) mass is 218 g/mol. The molecule has 0 bridgehead atoms. The molecule has 54 valence electrons. The minimum absolute atomic E-state index is 0.963. The van der Waals surface area contributed by atoms with E-state index in [2.05, 4.69) is 15.9 Å². The van der Waals surface area contributed by atoms with E-state index >= 15 is 0 Å². The van der Waals surface area contributed by atoms with Crippen LogP contribution in [0.5, 0.6) is 0 Å². The van der Waals surface area contributed by atoms with Crippen molar-refractivity contribution in [2.75, 3.05) is 0 Å². The molecule has 0 aliphatic rings. The van der Waals surface area contributed by atoms with E-state index in [9.17, 15) is 0 Å². The quantitative estimate of drug-likeness (QED) is 0.699. The second-order valence-electron chi connectivity index (χ2n) is 1.86. The van der Waals surface area contributed by atoms with E-state index in [4.69, 9.17) is 11.0 Å². The van der Waals surface area contributed by atoms with E-state index in [-0.39, 0.29) is 0 Å². The maximum Gasteiger partial charge on any atom is 0.0623 e. The van der Waals surface area contributed by atoms with Gasteiger partial charge in [0.1, 0.15) is 0 Å². The molecule has 0 saturated heterocycles. The third-order valence-corrected chi connectivity index (χ3v) is 3.07. The summed E-state index contributed by atoms with van der Waals surface area (Å²) >= 11 is 3.35. The highest BCUT2D eigenvalue weighted by Crippen LogP contribution is 2.19. The van der Waals surface area contributed by atoms with Crippen LogP contribution >= 0.6 is 24.2 Å². The van der Waals surface area contributed by atoms with Crippen molar-refractivity contribution >= 4 is 29.5 Å². The molecule has 1 aromatic carbocycles. The fourth-order valence-corrected chi connectivity index (χ4v) is 2.14. The van der Waals surface area contributed by atoms with Crippen molar-refractivity contribution in [1.82, 2.24) is 0 Å². The van der Waals surface area contributed by atoms with Gasteiger partial charge in [-0.15, -0.1) is 0 Å². The van der Waals surface area contributed by atoms with Gasteiger partial charge in [0.2, 0.25) is 0 Å². The summed E-state index contributed by atoms with van der Waals surface area (Å²) in [4.78, 5) is 0. The van der Waals surface area contributed by atoms with Crippen LogP contribution in [-0.4, -0.2) is 0 Å². The second-order valence-corrected chi connectivity index (χ2v) is 4.01. The van der Waals surface area contributed by atoms with Gasteiger partial charge < -0.3 is 0 Å². The molecule has 1 rings (SSSR count). The van der Waals surface area contributed by atoms with E-state index in [0.29, 0.717) is 0 Å². The number of halogens is 1. The molecule has 0 aliphatic carbocycles. The molecule has 0 spiro atoms. The minimum Gasteiger partial charge on any atom is -0.294 e. The van der Waals surface area contributed by atoms with Crippen molar-refractivity contribution in [2.45, 2.75) is 0 Å². The summed E-state index contributed by atoms with van der Waals surface area (Å²) in [5, 5.41) is 0.998. The maximum absolute atomic E-state index is 5.53. The van der Waals surface area contributed by atoms with Crippen LogP contribution in [0.25, 0.3) is 0 Å². The summed E-state index contributed by atoms with van der Waals surface area (Å²) < 4.78 is 0.992. The number of rotatable bonds is 1. The van der Waals surface area contributed by atoms with E-state index in [0.717, 1.165) is 9.78 Å². The van der Waals surface area contributed by atoms with Gasteiger partial charge in [-0.2, -0.15) is 0 Å². The van der Waals surface area contributed by atoms with Crippen LogP contribution in [0, 0.1) is 0 Å². The van der Waals surface area contributed by atoms with E-state index in [1.165, 1.54) is 0 Å². The third-order valence-electron chi connectivity index (χ3n) is 1.13. The molecule has 0 radical (unpaired) electrons. The van der Waals surface area contributed by atoms with Gasteiger partial charge in [-0.3, -0.25) is 11.0 Å². The Hall–Kier alpha value is 0.0500. The Labute approximate surface area is 69.6 Å². The molecule has 4 N–H and O–H groups in total. The Kier molecular flexibility index (Phi) is 2.81. The number of benzene rings is 1. The predicted molar refractivity (Wildman–Crippen MR) is 49.1 cm³/mol. The van der Waals surface area contributed by atoms with Crippen molar-refractivity contribution in [2.24, 2.45) is 11.0 Å². The molecular weight excluding hydrogens is 211 g/mol. The van der Waals surface area contributed by atoms with Gasteiger partial charge >= 0.3 is 0 Å². The largest absolute Gasteiger partial charge is 0.294 e. The van der Waals surface area contributed by atoms with Crippen LogP contribution in [0.3, 0.4) is 0 Å². The highest BCUT2D eigenvalue weighted by atomic mass is 79.9. The maximum atomic E-state index is 5.53. The van der Waals surface area contributed by atoms with Gasteiger partial charge in [-0.05, 0) is 6.07 Å². The minimum atomic E-state index is -0.963. The van der Waals surface area contributed by atoms with Crippen LogP contribution in [0.2, 0.25) is 0 Å². The van der Waals surface area contributed by atoms with Gasteiger partial charge in [0.25, 0.3) is 0 Å². The first-order chi connectivity index (χ1) is 4.72. The zero-order valence-electron chi connectivity index (χ0n) is 5.29. The van der Waals surface area contributed by atoms with Crippen molar-refractivity contribution < 1.29 is 0 Å². The molecule has 4 heteroatoms. The van der Waals surface area contributed by atoms with Gasteiger partial charge in [0, 0.05) is 9.78 Å². The highest BCUT2D eigenvalue weighted by Gasteiger charge is 2.01. The van der Waals surface area contributed by atoms with E-state index in [1.807, 2.05) is 24.3 Å². The molecule has 0 aromatic heterocycles. The lowest BCUT2D eigenvalue weighted by molar-refractivity contribution is 1.68. The lowest BCUT2D eigenvalue weighted by Crippen LogP contribution is -2.13. The van der Waals surface area contributed by atoms with Crippen LogP contribution in [0.1, 0.15) is 0 Å². The molecule has 0 fully saturated rings. The second kappa shape index (κ2) is 3.44. The standard InChI is InChI=1S/C6H8BrN2P/c7-5-3-1-2-4-6(5)10(8)9/h1-4H,8-9H2. The van der Waals surface area contributed by atoms with Crippen molar-refractivity contribution in [3.05, 3.63) is 28.7 Å². The predicted octanol–water partition coefficient (Wildman–Crippen LogP) is 1.30. The summed E-state index contributed by atoms with van der Waals surface area (Å²) in [6.45, 7) is 0. The molecule has 0 saturated carbocycles. The number of hydrogen-bond donors (Lipinski definition) is 2. The summed E-state index contributed by atoms with van der Waals surface area (Å²) in [6.07, 6.45) is 0. The van der Waals surface area contributed by atoms with Crippen LogP contribution in [-0.2, 0) is 0 Å². The zero-order chi connectivity index (χ0) is 7.56. The number of nitrogens with two attached hydrogens (primary N) is 2. The van der Waals surface area contributed by atoms with Crippen molar-refractivity contribution in [1.29, 1.82) is 0 Å². The Morgan fingerprint density at radius 3 is 2.20 bits per heavy atom. The molecule has 0 amide bonds. The molecule has 0 heterocycles. The van der Waals surface area contributed by atoms with Gasteiger partial charge in [-0.1, -0.05) is 34.1 Å². The molecule has 2 nitrogen and oxygen atoms in total. The summed E-state index contributed by atoms with van der Waals surface area (Å²) in [7, 11) is -0.963.